The molecule has 0 bridgehead atoms. The molecule has 0 fully saturated rings. The third-order valence-corrected chi connectivity index (χ3v) is 4.46. The minimum absolute atomic E-state index is 0.0240. The van der Waals surface area contributed by atoms with Crippen LogP contribution < -0.4 is 4.74 Å². The standard InChI is InChI=1S/C20H34O5/c1-15(14-25-19-6-4-3-5-7-19)20(24)13-12-18(23)11-10-17(22)9-8-16(2)21/h3-7,15-18,20-24H,8-14H2,1-2H3/t15-,16-,17-,18-,20-/m0/s1. The van der Waals surface area contributed by atoms with Gasteiger partial charge >= 0.3 is 0 Å². The second-order valence-corrected chi connectivity index (χ2v) is 7.06. The van der Waals surface area contributed by atoms with Gasteiger partial charge in [0.05, 0.1) is 31.0 Å². The molecule has 5 heteroatoms. The van der Waals surface area contributed by atoms with Crippen LogP contribution in [0.4, 0.5) is 0 Å². The lowest BCUT2D eigenvalue weighted by atomic mass is 9.97. The molecule has 0 amide bonds. The van der Waals surface area contributed by atoms with Crippen LogP contribution in [0.2, 0.25) is 0 Å². The zero-order chi connectivity index (χ0) is 18.7. The summed E-state index contributed by atoms with van der Waals surface area (Å²) in [6.07, 6.45) is 1.16. The van der Waals surface area contributed by atoms with Gasteiger partial charge < -0.3 is 25.2 Å². The monoisotopic (exact) mass is 354 g/mol. The predicted octanol–water partition coefficient (Wildman–Crippen LogP) is 2.51. The van der Waals surface area contributed by atoms with Crippen LogP contribution in [0.3, 0.4) is 0 Å². The molecule has 0 saturated heterocycles. The molecule has 0 unspecified atom stereocenters. The van der Waals surface area contributed by atoms with E-state index in [0.717, 1.165) is 5.75 Å². The maximum atomic E-state index is 10.2. The smallest absolute Gasteiger partial charge is 0.119 e. The van der Waals surface area contributed by atoms with Crippen molar-refractivity contribution in [2.75, 3.05) is 6.61 Å². The van der Waals surface area contributed by atoms with Crippen molar-refractivity contribution in [3.05, 3.63) is 30.3 Å². The van der Waals surface area contributed by atoms with Gasteiger partial charge in [0.1, 0.15) is 5.75 Å². The first-order valence-electron chi connectivity index (χ1n) is 9.28. The Labute approximate surface area is 151 Å². The summed E-state index contributed by atoms with van der Waals surface area (Å²) >= 11 is 0. The zero-order valence-corrected chi connectivity index (χ0v) is 15.4. The number of para-hydroxylation sites is 1. The molecule has 0 radical (unpaired) electrons. The highest BCUT2D eigenvalue weighted by Gasteiger charge is 2.17. The Bertz CT molecular complexity index is 437. The summed E-state index contributed by atoms with van der Waals surface area (Å²) in [4.78, 5) is 0. The quantitative estimate of drug-likeness (QED) is 0.437. The number of ether oxygens (including phenoxy) is 1. The van der Waals surface area contributed by atoms with Gasteiger partial charge in [-0.05, 0) is 57.6 Å². The number of aliphatic hydroxyl groups is 4. The van der Waals surface area contributed by atoms with E-state index in [1.807, 2.05) is 37.3 Å². The SMILES string of the molecule is C[C@H](O)CC[C@H](O)CC[C@H](O)CC[C@H](O)[C@@H](C)COc1ccccc1. The van der Waals surface area contributed by atoms with E-state index in [2.05, 4.69) is 0 Å². The Morgan fingerprint density at radius 3 is 1.84 bits per heavy atom. The number of rotatable bonds is 13. The molecule has 0 aliphatic rings. The highest BCUT2D eigenvalue weighted by Crippen LogP contribution is 2.17. The van der Waals surface area contributed by atoms with E-state index >= 15 is 0 Å². The minimum Gasteiger partial charge on any atom is -0.493 e. The molecule has 1 aromatic carbocycles. The molecule has 4 N–H and O–H groups in total. The molecule has 1 aromatic rings. The summed E-state index contributed by atoms with van der Waals surface area (Å²) in [6, 6.07) is 9.50. The lowest BCUT2D eigenvalue weighted by Crippen LogP contribution is -2.25. The average Bonchev–Trinajstić information content (AvgIpc) is 2.61. The van der Waals surface area contributed by atoms with Crippen molar-refractivity contribution in [2.24, 2.45) is 5.92 Å². The molecule has 5 nitrogen and oxygen atoms in total. The van der Waals surface area contributed by atoms with Gasteiger partial charge in [-0.2, -0.15) is 0 Å². The molecular weight excluding hydrogens is 320 g/mol. The van der Waals surface area contributed by atoms with Gasteiger partial charge in [0.2, 0.25) is 0 Å². The van der Waals surface area contributed by atoms with E-state index in [1.54, 1.807) is 6.92 Å². The zero-order valence-electron chi connectivity index (χ0n) is 15.4. The Morgan fingerprint density at radius 2 is 1.28 bits per heavy atom. The van der Waals surface area contributed by atoms with Crippen molar-refractivity contribution in [1.82, 2.24) is 0 Å². The second kappa shape index (κ2) is 12.3. The minimum atomic E-state index is -0.530. The first-order chi connectivity index (χ1) is 11.9. The Morgan fingerprint density at radius 1 is 0.760 bits per heavy atom. The molecule has 0 spiro atoms. The predicted molar refractivity (Wildman–Crippen MR) is 98.5 cm³/mol. The van der Waals surface area contributed by atoms with Crippen LogP contribution in [0.15, 0.2) is 30.3 Å². The molecule has 0 aromatic heterocycles. The fraction of sp³-hybridized carbons (Fsp3) is 0.700. The van der Waals surface area contributed by atoms with Gasteiger partial charge in [-0.25, -0.2) is 0 Å². The molecule has 144 valence electrons. The summed E-state index contributed by atoms with van der Waals surface area (Å²) < 4.78 is 5.64. The van der Waals surface area contributed by atoms with E-state index in [0.29, 0.717) is 45.1 Å². The highest BCUT2D eigenvalue weighted by atomic mass is 16.5. The van der Waals surface area contributed by atoms with Crippen LogP contribution in [0.1, 0.15) is 52.4 Å². The largest absolute Gasteiger partial charge is 0.493 e. The summed E-state index contributed by atoms with van der Waals surface area (Å²) in [6.45, 7) is 4.06. The third kappa shape index (κ3) is 10.4. The Kier molecular flexibility index (Phi) is 10.7. The van der Waals surface area contributed by atoms with Crippen LogP contribution >= 0.6 is 0 Å². The maximum absolute atomic E-state index is 10.2. The molecule has 0 heterocycles. The lowest BCUT2D eigenvalue weighted by Gasteiger charge is -2.21. The van der Waals surface area contributed by atoms with E-state index in [4.69, 9.17) is 4.74 Å². The molecule has 5 atom stereocenters. The molecular formula is C20H34O5. The van der Waals surface area contributed by atoms with Gasteiger partial charge in [0, 0.05) is 5.92 Å². The summed E-state index contributed by atoms with van der Waals surface area (Å²) in [7, 11) is 0. The number of hydrogen-bond donors (Lipinski definition) is 4. The van der Waals surface area contributed by atoms with Crippen LogP contribution in [-0.4, -0.2) is 51.4 Å². The topological polar surface area (TPSA) is 90.2 Å². The van der Waals surface area contributed by atoms with Crippen molar-refractivity contribution >= 4 is 0 Å². The van der Waals surface area contributed by atoms with Crippen LogP contribution in [0.5, 0.6) is 5.75 Å². The van der Waals surface area contributed by atoms with Crippen molar-refractivity contribution in [1.29, 1.82) is 0 Å². The highest BCUT2D eigenvalue weighted by molar-refractivity contribution is 5.20. The molecule has 1 rings (SSSR count). The van der Waals surface area contributed by atoms with Crippen LogP contribution in [0.25, 0.3) is 0 Å². The van der Waals surface area contributed by atoms with Gasteiger partial charge in [0.15, 0.2) is 0 Å². The van der Waals surface area contributed by atoms with Gasteiger partial charge in [-0.15, -0.1) is 0 Å². The summed E-state index contributed by atoms with van der Waals surface area (Å²) in [5.41, 5.74) is 0. The van der Waals surface area contributed by atoms with Crippen LogP contribution in [0, 0.1) is 5.92 Å². The van der Waals surface area contributed by atoms with Crippen molar-refractivity contribution in [2.45, 2.75) is 76.8 Å². The fourth-order valence-electron chi connectivity index (χ4n) is 2.61. The van der Waals surface area contributed by atoms with Gasteiger partial charge in [-0.1, -0.05) is 25.1 Å². The first-order valence-corrected chi connectivity index (χ1v) is 9.28. The van der Waals surface area contributed by atoms with Gasteiger partial charge in [-0.3, -0.25) is 0 Å². The fourth-order valence-corrected chi connectivity index (χ4v) is 2.61. The number of hydrogen-bond acceptors (Lipinski definition) is 5. The number of aliphatic hydroxyl groups excluding tert-OH is 4. The van der Waals surface area contributed by atoms with Gasteiger partial charge in [0.25, 0.3) is 0 Å². The van der Waals surface area contributed by atoms with E-state index in [-0.39, 0.29) is 5.92 Å². The number of benzene rings is 1. The Hall–Kier alpha value is -1.14. The summed E-state index contributed by atoms with van der Waals surface area (Å²) in [5, 5.41) is 39.2. The normalized spacial score (nSPS) is 17.5. The average molecular weight is 354 g/mol. The second-order valence-electron chi connectivity index (χ2n) is 7.06. The lowest BCUT2D eigenvalue weighted by molar-refractivity contribution is 0.0509. The van der Waals surface area contributed by atoms with Crippen LogP contribution in [-0.2, 0) is 0 Å². The van der Waals surface area contributed by atoms with Crippen molar-refractivity contribution in [3.8, 4) is 5.75 Å². The van der Waals surface area contributed by atoms with Crippen molar-refractivity contribution < 1.29 is 25.2 Å². The summed E-state index contributed by atoms with van der Waals surface area (Å²) in [5.74, 6) is 0.761. The van der Waals surface area contributed by atoms with E-state index in [9.17, 15) is 20.4 Å². The molecule has 0 aliphatic carbocycles. The third-order valence-electron chi connectivity index (χ3n) is 4.46. The molecule has 0 aliphatic heterocycles. The Balaban J connectivity index is 2.15. The molecule has 0 saturated carbocycles. The maximum Gasteiger partial charge on any atom is 0.119 e. The van der Waals surface area contributed by atoms with E-state index in [1.165, 1.54) is 0 Å². The first kappa shape index (κ1) is 21.9. The van der Waals surface area contributed by atoms with Crippen molar-refractivity contribution in [3.63, 3.8) is 0 Å². The van der Waals surface area contributed by atoms with E-state index < -0.39 is 24.4 Å². The molecule has 25 heavy (non-hydrogen) atoms.